The number of carbonyl (C=O) groups is 2. The van der Waals surface area contributed by atoms with Crippen LogP contribution in [0.2, 0.25) is 0 Å². The summed E-state index contributed by atoms with van der Waals surface area (Å²) in [6.07, 6.45) is 0. The van der Waals surface area contributed by atoms with Gasteiger partial charge in [-0.15, -0.1) is 0 Å². The standard InChI is InChI=1S/C15H22N6O2/c1-8-12(10(3)20(5)18-8)7-16-14(22)15(23)17-13-9(2)19-21(6)11(13)4/h7H2,1-6H3,(H,16,22)(H,17,23). The molecule has 0 aromatic carbocycles. The zero-order valence-electron chi connectivity index (χ0n) is 14.3. The van der Waals surface area contributed by atoms with E-state index in [1.165, 1.54) is 0 Å². The van der Waals surface area contributed by atoms with Crippen LogP contribution in [0.3, 0.4) is 0 Å². The van der Waals surface area contributed by atoms with Gasteiger partial charge in [0.1, 0.15) is 0 Å². The quantitative estimate of drug-likeness (QED) is 0.812. The molecule has 0 fully saturated rings. The van der Waals surface area contributed by atoms with E-state index in [1.807, 2.05) is 27.8 Å². The molecule has 0 saturated heterocycles. The molecule has 23 heavy (non-hydrogen) atoms. The van der Waals surface area contributed by atoms with Crippen molar-refractivity contribution in [2.24, 2.45) is 14.1 Å². The Morgan fingerprint density at radius 2 is 1.48 bits per heavy atom. The Balaban J connectivity index is 2.02. The molecule has 2 amide bonds. The van der Waals surface area contributed by atoms with E-state index in [0.29, 0.717) is 11.4 Å². The minimum Gasteiger partial charge on any atom is -0.344 e. The second-order valence-corrected chi connectivity index (χ2v) is 5.58. The van der Waals surface area contributed by atoms with Gasteiger partial charge < -0.3 is 10.6 Å². The van der Waals surface area contributed by atoms with Crippen LogP contribution >= 0.6 is 0 Å². The first kappa shape index (κ1) is 16.7. The molecular formula is C15H22N6O2. The maximum absolute atomic E-state index is 12.0. The SMILES string of the molecule is Cc1nn(C)c(C)c1CNC(=O)C(=O)Nc1c(C)nn(C)c1C. The third-order valence-corrected chi connectivity index (χ3v) is 4.04. The summed E-state index contributed by atoms with van der Waals surface area (Å²) >= 11 is 0. The van der Waals surface area contributed by atoms with Gasteiger partial charge in [0.05, 0.1) is 22.8 Å². The minimum atomic E-state index is -0.705. The van der Waals surface area contributed by atoms with E-state index in [2.05, 4.69) is 20.8 Å². The van der Waals surface area contributed by atoms with Crippen LogP contribution in [0.15, 0.2) is 0 Å². The van der Waals surface area contributed by atoms with Crippen LogP contribution in [-0.2, 0) is 30.2 Å². The number of aromatic nitrogens is 4. The number of nitrogens with one attached hydrogen (secondary N) is 2. The minimum absolute atomic E-state index is 0.267. The highest BCUT2D eigenvalue weighted by Gasteiger charge is 2.19. The van der Waals surface area contributed by atoms with Crippen molar-refractivity contribution < 1.29 is 9.59 Å². The smallest absolute Gasteiger partial charge is 0.313 e. The van der Waals surface area contributed by atoms with Crippen molar-refractivity contribution in [2.75, 3.05) is 5.32 Å². The van der Waals surface area contributed by atoms with E-state index < -0.39 is 11.8 Å². The molecule has 0 aliphatic rings. The molecule has 124 valence electrons. The van der Waals surface area contributed by atoms with Gasteiger partial charge in [-0.2, -0.15) is 10.2 Å². The number of aryl methyl sites for hydroxylation is 4. The normalized spacial score (nSPS) is 10.7. The molecule has 2 N–H and O–H groups in total. The van der Waals surface area contributed by atoms with E-state index in [0.717, 1.165) is 22.6 Å². The Hall–Kier alpha value is -2.64. The molecule has 8 heteroatoms. The first-order valence-electron chi connectivity index (χ1n) is 7.30. The van der Waals surface area contributed by atoms with Crippen LogP contribution in [0.5, 0.6) is 0 Å². The van der Waals surface area contributed by atoms with Crippen molar-refractivity contribution in [3.05, 3.63) is 28.3 Å². The van der Waals surface area contributed by atoms with Crippen LogP contribution < -0.4 is 10.6 Å². The van der Waals surface area contributed by atoms with E-state index in [-0.39, 0.29) is 6.54 Å². The molecule has 2 rings (SSSR count). The maximum atomic E-state index is 12.0. The lowest BCUT2D eigenvalue weighted by atomic mass is 10.2. The first-order valence-corrected chi connectivity index (χ1v) is 7.30. The zero-order chi connectivity index (χ0) is 17.3. The lowest BCUT2D eigenvalue weighted by molar-refractivity contribution is -0.136. The first-order chi connectivity index (χ1) is 10.7. The van der Waals surface area contributed by atoms with Gasteiger partial charge in [-0.1, -0.05) is 0 Å². The number of hydrogen-bond acceptors (Lipinski definition) is 4. The van der Waals surface area contributed by atoms with Gasteiger partial charge in [0.25, 0.3) is 0 Å². The van der Waals surface area contributed by atoms with Gasteiger partial charge >= 0.3 is 11.8 Å². The molecule has 0 saturated carbocycles. The van der Waals surface area contributed by atoms with Crippen LogP contribution in [0.25, 0.3) is 0 Å². The second kappa shape index (κ2) is 6.23. The molecule has 0 atom stereocenters. The Bertz CT molecular complexity index is 772. The molecule has 0 radical (unpaired) electrons. The Morgan fingerprint density at radius 3 is 1.96 bits per heavy atom. The summed E-state index contributed by atoms with van der Waals surface area (Å²) in [5, 5.41) is 13.7. The van der Waals surface area contributed by atoms with Gasteiger partial charge in [-0.25, -0.2) is 0 Å². The van der Waals surface area contributed by atoms with Crippen molar-refractivity contribution >= 4 is 17.5 Å². The van der Waals surface area contributed by atoms with Crippen molar-refractivity contribution in [2.45, 2.75) is 34.2 Å². The third kappa shape index (κ3) is 3.25. The molecule has 2 aromatic heterocycles. The van der Waals surface area contributed by atoms with Crippen LogP contribution in [-0.4, -0.2) is 31.4 Å². The summed E-state index contributed by atoms with van der Waals surface area (Å²) in [5.41, 5.74) is 4.75. The predicted molar refractivity (Wildman–Crippen MR) is 85.8 cm³/mol. The summed E-state index contributed by atoms with van der Waals surface area (Å²) in [5.74, 6) is -1.39. The highest BCUT2D eigenvalue weighted by molar-refractivity contribution is 6.39. The van der Waals surface area contributed by atoms with E-state index in [1.54, 1.807) is 23.3 Å². The van der Waals surface area contributed by atoms with Crippen molar-refractivity contribution in [3.63, 3.8) is 0 Å². The number of nitrogens with zero attached hydrogens (tertiary/aromatic N) is 4. The molecule has 2 aromatic rings. The zero-order valence-corrected chi connectivity index (χ0v) is 14.3. The number of carbonyl (C=O) groups excluding carboxylic acids is 2. The monoisotopic (exact) mass is 318 g/mol. The number of hydrogen-bond donors (Lipinski definition) is 2. The summed E-state index contributed by atoms with van der Waals surface area (Å²) in [6, 6.07) is 0. The molecule has 0 unspecified atom stereocenters. The van der Waals surface area contributed by atoms with E-state index in [4.69, 9.17) is 0 Å². The summed E-state index contributed by atoms with van der Waals surface area (Å²) in [6.45, 7) is 7.67. The molecule has 8 nitrogen and oxygen atoms in total. The number of anilines is 1. The van der Waals surface area contributed by atoms with Gasteiger partial charge in [0.2, 0.25) is 0 Å². The number of rotatable bonds is 3. The fraction of sp³-hybridized carbons (Fsp3) is 0.467. The highest BCUT2D eigenvalue weighted by Crippen LogP contribution is 2.18. The molecule has 2 heterocycles. The summed E-state index contributed by atoms with van der Waals surface area (Å²) in [7, 11) is 3.63. The highest BCUT2D eigenvalue weighted by atomic mass is 16.2. The van der Waals surface area contributed by atoms with Gasteiger partial charge in [0, 0.05) is 31.9 Å². The average molecular weight is 318 g/mol. The lowest BCUT2D eigenvalue weighted by Crippen LogP contribution is -2.35. The topological polar surface area (TPSA) is 93.8 Å². The van der Waals surface area contributed by atoms with Gasteiger partial charge in [-0.3, -0.25) is 19.0 Å². The van der Waals surface area contributed by atoms with Crippen molar-refractivity contribution in [1.29, 1.82) is 0 Å². The average Bonchev–Trinajstić information content (AvgIpc) is 2.87. The maximum Gasteiger partial charge on any atom is 0.313 e. The molecule has 0 aliphatic carbocycles. The van der Waals surface area contributed by atoms with Crippen LogP contribution in [0.4, 0.5) is 5.69 Å². The molecule has 0 bridgehead atoms. The predicted octanol–water partition coefficient (Wildman–Crippen LogP) is 0.642. The fourth-order valence-electron chi connectivity index (χ4n) is 2.45. The Kier molecular flexibility index (Phi) is 4.53. The van der Waals surface area contributed by atoms with Gasteiger partial charge in [0.15, 0.2) is 0 Å². The van der Waals surface area contributed by atoms with Crippen molar-refractivity contribution in [1.82, 2.24) is 24.9 Å². The molecular weight excluding hydrogens is 296 g/mol. The van der Waals surface area contributed by atoms with E-state index in [9.17, 15) is 9.59 Å². The summed E-state index contributed by atoms with van der Waals surface area (Å²) < 4.78 is 3.41. The third-order valence-electron chi connectivity index (χ3n) is 4.04. The Morgan fingerprint density at radius 1 is 0.913 bits per heavy atom. The molecule has 0 aliphatic heterocycles. The number of amides is 2. The fourth-order valence-corrected chi connectivity index (χ4v) is 2.45. The van der Waals surface area contributed by atoms with Crippen LogP contribution in [0.1, 0.15) is 28.3 Å². The lowest BCUT2D eigenvalue weighted by Gasteiger charge is -2.07. The van der Waals surface area contributed by atoms with Crippen LogP contribution in [0, 0.1) is 27.7 Å². The summed E-state index contributed by atoms with van der Waals surface area (Å²) in [4.78, 5) is 24.0. The molecule has 0 spiro atoms. The Labute approximate surface area is 134 Å². The van der Waals surface area contributed by atoms with Gasteiger partial charge in [-0.05, 0) is 27.7 Å². The van der Waals surface area contributed by atoms with E-state index >= 15 is 0 Å². The second-order valence-electron chi connectivity index (χ2n) is 5.58. The van der Waals surface area contributed by atoms with Crippen molar-refractivity contribution in [3.8, 4) is 0 Å². The largest absolute Gasteiger partial charge is 0.344 e.